The van der Waals surface area contributed by atoms with Gasteiger partial charge in [-0.25, -0.2) is 23.3 Å². The fraction of sp³-hybridized carbons (Fsp3) is 0.500. The molecule has 0 aliphatic rings. The Labute approximate surface area is 97.5 Å². The summed E-state index contributed by atoms with van der Waals surface area (Å²) in [4.78, 5) is 15.9. The molecule has 1 rings (SSSR count). The number of ether oxygens (including phenoxy) is 1. The fourth-order valence-electron chi connectivity index (χ4n) is 1.07. The van der Waals surface area contributed by atoms with Crippen LogP contribution in [0.2, 0.25) is 0 Å². The predicted molar refractivity (Wildman–Crippen MR) is 59.6 cm³/mol. The Morgan fingerprint density at radius 1 is 1.56 bits per heavy atom. The molecule has 16 heavy (non-hydrogen) atoms. The first kappa shape index (κ1) is 13.1. The first-order valence-electron chi connectivity index (χ1n) is 4.47. The van der Waals surface area contributed by atoms with Crippen molar-refractivity contribution < 1.29 is 17.9 Å². The van der Waals surface area contributed by atoms with E-state index in [1.807, 2.05) is 0 Å². The minimum absolute atomic E-state index is 0.158. The number of nitrogens with two attached hydrogens (primary N) is 1. The Morgan fingerprint density at radius 3 is 2.69 bits per heavy atom. The van der Waals surface area contributed by atoms with Gasteiger partial charge in [-0.2, -0.15) is 0 Å². The minimum atomic E-state index is -3.62. The van der Waals surface area contributed by atoms with E-state index in [0.29, 0.717) is 9.88 Å². The molecule has 0 atom stereocenters. The van der Waals surface area contributed by atoms with Gasteiger partial charge in [-0.05, 0) is 13.8 Å². The monoisotopic (exact) mass is 264 g/mol. The first-order chi connectivity index (χ1) is 7.33. The lowest BCUT2D eigenvalue weighted by Gasteiger charge is -1.97. The zero-order valence-corrected chi connectivity index (χ0v) is 10.5. The van der Waals surface area contributed by atoms with Gasteiger partial charge in [-0.3, -0.25) is 0 Å². The molecule has 0 saturated carbocycles. The van der Waals surface area contributed by atoms with E-state index in [9.17, 15) is 13.2 Å². The molecule has 8 heteroatoms. The van der Waals surface area contributed by atoms with Crippen molar-refractivity contribution in [3.63, 3.8) is 0 Å². The van der Waals surface area contributed by atoms with Crippen LogP contribution in [-0.4, -0.2) is 26.0 Å². The lowest BCUT2D eigenvalue weighted by Crippen LogP contribution is -2.14. The van der Waals surface area contributed by atoms with Crippen LogP contribution in [0, 0.1) is 6.92 Å². The van der Waals surface area contributed by atoms with Crippen LogP contribution in [0.3, 0.4) is 0 Å². The summed E-state index contributed by atoms with van der Waals surface area (Å²) >= 11 is 1.12. The summed E-state index contributed by atoms with van der Waals surface area (Å²) in [5.74, 6) is -0.908. The Kier molecular flexibility index (Phi) is 4.00. The Hall–Kier alpha value is -0.990. The lowest BCUT2D eigenvalue weighted by molar-refractivity contribution is 0.0519. The molecule has 0 aliphatic heterocycles. The molecular formula is C8H12N2O4S2. The van der Waals surface area contributed by atoms with Gasteiger partial charge in [0.05, 0.1) is 6.61 Å². The smallest absolute Gasteiger partial charge is 0.358 e. The van der Waals surface area contributed by atoms with Crippen molar-refractivity contribution in [3.05, 3.63) is 15.6 Å². The Balaban J connectivity index is 2.94. The van der Waals surface area contributed by atoms with E-state index in [1.165, 1.54) is 0 Å². The Morgan fingerprint density at radius 2 is 2.19 bits per heavy atom. The van der Waals surface area contributed by atoms with E-state index in [0.717, 1.165) is 11.3 Å². The molecule has 0 aliphatic carbocycles. The summed E-state index contributed by atoms with van der Waals surface area (Å²) in [6, 6.07) is 0. The molecule has 0 unspecified atom stereocenters. The normalized spacial score (nSPS) is 11.4. The molecule has 0 fully saturated rings. The van der Waals surface area contributed by atoms with Gasteiger partial charge in [-0.15, -0.1) is 11.3 Å². The number of carbonyl (C=O) groups excluding carboxylic acids is 1. The summed E-state index contributed by atoms with van der Waals surface area (Å²) in [6.07, 6.45) is 0. The zero-order valence-electron chi connectivity index (χ0n) is 8.89. The second-order valence-electron chi connectivity index (χ2n) is 3.04. The molecule has 6 nitrogen and oxygen atoms in total. The molecule has 1 aromatic rings. The zero-order chi connectivity index (χ0) is 12.3. The van der Waals surface area contributed by atoms with Gasteiger partial charge in [-0.1, -0.05) is 0 Å². The second kappa shape index (κ2) is 4.89. The van der Waals surface area contributed by atoms with E-state index >= 15 is 0 Å². The van der Waals surface area contributed by atoms with Crippen LogP contribution in [0.25, 0.3) is 0 Å². The number of thiazole rings is 1. The fourth-order valence-corrected chi connectivity index (χ4v) is 2.93. The van der Waals surface area contributed by atoms with Crippen molar-refractivity contribution >= 4 is 27.3 Å². The number of carbonyl (C=O) groups is 1. The van der Waals surface area contributed by atoms with E-state index in [2.05, 4.69) is 4.98 Å². The second-order valence-corrected chi connectivity index (χ2v) is 5.94. The average molecular weight is 264 g/mol. The van der Waals surface area contributed by atoms with Crippen LogP contribution in [-0.2, 0) is 20.5 Å². The van der Waals surface area contributed by atoms with Crippen LogP contribution >= 0.6 is 11.3 Å². The van der Waals surface area contributed by atoms with Crippen LogP contribution in [0.15, 0.2) is 0 Å². The number of aromatic nitrogens is 1. The number of rotatable bonds is 4. The summed E-state index contributed by atoms with van der Waals surface area (Å²) in [5, 5.41) is 5.18. The Bertz CT molecular complexity index is 492. The van der Waals surface area contributed by atoms with Crippen LogP contribution in [0.4, 0.5) is 0 Å². The van der Waals surface area contributed by atoms with Gasteiger partial charge in [0.1, 0.15) is 10.8 Å². The number of hydrogen-bond donors (Lipinski definition) is 1. The maximum Gasteiger partial charge on any atom is 0.358 e. The van der Waals surface area contributed by atoms with E-state index < -0.39 is 16.0 Å². The van der Waals surface area contributed by atoms with Gasteiger partial charge < -0.3 is 4.74 Å². The molecule has 90 valence electrons. The van der Waals surface area contributed by atoms with Crippen molar-refractivity contribution in [2.45, 2.75) is 19.6 Å². The molecule has 0 amide bonds. The van der Waals surface area contributed by atoms with Gasteiger partial charge in [0.2, 0.25) is 10.0 Å². The van der Waals surface area contributed by atoms with Crippen LogP contribution in [0.5, 0.6) is 0 Å². The molecule has 0 saturated heterocycles. The van der Waals surface area contributed by atoms with Crippen LogP contribution in [0.1, 0.15) is 27.3 Å². The van der Waals surface area contributed by atoms with E-state index in [1.54, 1.807) is 13.8 Å². The summed E-state index contributed by atoms with van der Waals surface area (Å²) < 4.78 is 26.5. The highest BCUT2D eigenvalue weighted by Crippen LogP contribution is 2.19. The third kappa shape index (κ3) is 3.54. The van der Waals surface area contributed by atoms with Gasteiger partial charge >= 0.3 is 5.97 Å². The molecule has 1 heterocycles. The van der Waals surface area contributed by atoms with Gasteiger partial charge in [0.15, 0.2) is 5.69 Å². The summed E-state index contributed by atoms with van der Waals surface area (Å²) in [6.45, 7) is 3.61. The molecule has 0 spiro atoms. The summed E-state index contributed by atoms with van der Waals surface area (Å²) in [7, 11) is -3.62. The third-order valence-electron chi connectivity index (χ3n) is 1.63. The maximum absolute atomic E-state index is 11.4. The number of hydrogen-bond acceptors (Lipinski definition) is 6. The number of aryl methyl sites for hydroxylation is 1. The largest absolute Gasteiger partial charge is 0.461 e. The summed E-state index contributed by atoms with van der Waals surface area (Å²) in [5.41, 5.74) is 0.158. The average Bonchev–Trinajstić information content (AvgIpc) is 2.44. The molecule has 1 aromatic heterocycles. The molecule has 0 aromatic carbocycles. The van der Waals surface area contributed by atoms with Crippen molar-refractivity contribution in [2.24, 2.45) is 5.14 Å². The first-order valence-corrected chi connectivity index (χ1v) is 7.00. The van der Waals surface area contributed by atoms with Crippen LogP contribution < -0.4 is 5.14 Å². The highest BCUT2D eigenvalue weighted by molar-refractivity contribution is 7.88. The van der Waals surface area contributed by atoms with Crippen molar-refractivity contribution in [1.82, 2.24) is 4.98 Å². The number of esters is 1. The van der Waals surface area contributed by atoms with Gasteiger partial charge in [0.25, 0.3) is 0 Å². The van der Waals surface area contributed by atoms with Crippen molar-refractivity contribution in [3.8, 4) is 0 Å². The highest BCUT2D eigenvalue weighted by Gasteiger charge is 2.18. The van der Waals surface area contributed by atoms with E-state index in [-0.39, 0.29) is 18.1 Å². The van der Waals surface area contributed by atoms with Crippen molar-refractivity contribution in [1.29, 1.82) is 0 Å². The number of sulfonamides is 1. The quantitative estimate of drug-likeness (QED) is 0.794. The van der Waals surface area contributed by atoms with Gasteiger partial charge in [0, 0.05) is 4.88 Å². The molecule has 0 bridgehead atoms. The molecule has 2 N–H and O–H groups in total. The number of nitrogens with zero attached hydrogens (tertiary/aromatic N) is 1. The maximum atomic E-state index is 11.4. The van der Waals surface area contributed by atoms with Crippen molar-refractivity contribution in [2.75, 3.05) is 6.61 Å². The third-order valence-corrected chi connectivity index (χ3v) is 3.46. The number of primary sulfonamides is 1. The lowest BCUT2D eigenvalue weighted by atomic mass is 10.4. The predicted octanol–water partition coefficient (Wildman–Crippen LogP) is 0.417. The standard InChI is InChI=1S/C8H12N2O4S2/c1-3-14-8(11)7-5(2)15-6(10-7)4-16(9,12)13/h3-4H2,1-2H3,(H2,9,12,13). The SMILES string of the molecule is CCOC(=O)c1nc(CS(N)(=O)=O)sc1C. The highest BCUT2D eigenvalue weighted by atomic mass is 32.2. The molecular weight excluding hydrogens is 252 g/mol. The molecule has 0 radical (unpaired) electrons. The topological polar surface area (TPSA) is 99.3 Å². The van der Waals surface area contributed by atoms with E-state index in [4.69, 9.17) is 9.88 Å². The minimum Gasteiger partial charge on any atom is -0.461 e.